The van der Waals surface area contributed by atoms with E-state index in [1.54, 1.807) is 11.8 Å². The Balaban J connectivity index is 1.89. The van der Waals surface area contributed by atoms with Crippen LogP contribution in [0.1, 0.15) is 11.1 Å². The van der Waals surface area contributed by atoms with Crippen molar-refractivity contribution in [3.63, 3.8) is 0 Å². The molecule has 0 bridgehead atoms. The smallest absolute Gasteiger partial charge is 0.130 e. The molecule has 21 heavy (non-hydrogen) atoms. The van der Waals surface area contributed by atoms with Crippen molar-refractivity contribution in [1.82, 2.24) is 9.78 Å². The number of ether oxygens (including phenoxy) is 1. The van der Waals surface area contributed by atoms with Gasteiger partial charge in [-0.1, -0.05) is 30.3 Å². The largest absolute Gasteiger partial charge is 0.497 e. The molecule has 0 spiro atoms. The molecule has 0 aliphatic carbocycles. The molecule has 0 fully saturated rings. The maximum Gasteiger partial charge on any atom is 0.130 e. The molecule has 0 aliphatic rings. The van der Waals surface area contributed by atoms with Gasteiger partial charge in [0.15, 0.2) is 0 Å². The van der Waals surface area contributed by atoms with Gasteiger partial charge in [-0.25, -0.2) is 4.68 Å². The molecule has 0 atom stereocenters. The van der Waals surface area contributed by atoms with Crippen LogP contribution in [0.5, 0.6) is 5.75 Å². The Labute approximate surface area is 123 Å². The third kappa shape index (κ3) is 2.74. The maximum atomic E-state index is 6.22. The molecule has 0 unspecified atom stereocenters. The zero-order chi connectivity index (χ0) is 14.7. The lowest BCUT2D eigenvalue weighted by Gasteiger charge is -2.06. The number of hydrogen-bond acceptors (Lipinski definition) is 3. The van der Waals surface area contributed by atoms with E-state index in [4.69, 9.17) is 10.5 Å². The SMILES string of the molecule is COc1cccc(Cc2cnn(-c3ccccc3)c2N)c1. The second-order valence-electron chi connectivity index (χ2n) is 4.83. The van der Waals surface area contributed by atoms with Crippen LogP contribution in [0.2, 0.25) is 0 Å². The number of hydrogen-bond donors (Lipinski definition) is 1. The summed E-state index contributed by atoms with van der Waals surface area (Å²) in [6.45, 7) is 0. The van der Waals surface area contributed by atoms with Crippen LogP contribution in [0.4, 0.5) is 5.82 Å². The van der Waals surface area contributed by atoms with Gasteiger partial charge >= 0.3 is 0 Å². The number of nitrogens with zero attached hydrogens (tertiary/aromatic N) is 2. The van der Waals surface area contributed by atoms with Crippen LogP contribution in [0, 0.1) is 0 Å². The molecule has 3 aromatic rings. The summed E-state index contributed by atoms with van der Waals surface area (Å²) in [5, 5.41) is 4.39. The Hall–Kier alpha value is -2.75. The van der Waals surface area contributed by atoms with E-state index in [1.165, 1.54) is 0 Å². The monoisotopic (exact) mass is 279 g/mol. The number of anilines is 1. The fourth-order valence-electron chi connectivity index (χ4n) is 2.31. The van der Waals surface area contributed by atoms with Gasteiger partial charge < -0.3 is 10.5 Å². The first-order valence-corrected chi connectivity index (χ1v) is 6.78. The predicted octanol–water partition coefficient (Wildman–Crippen LogP) is 3.05. The molecule has 0 saturated heterocycles. The number of aromatic nitrogens is 2. The number of methoxy groups -OCH3 is 1. The summed E-state index contributed by atoms with van der Waals surface area (Å²) in [6.07, 6.45) is 2.55. The third-order valence-corrected chi connectivity index (χ3v) is 3.42. The lowest BCUT2D eigenvalue weighted by Crippen LogP contribution is -2.03. The quantitative estimate of drug-likeness (QED) is 0.798. The highest BCUT2D eigenvalue weighted by Crippen LogP contribution is 2.21. The molecule has 2 aromatic carbocycles. The standard InChI is InChI=1S/C17H17N3O/c1-21-16-9-5-6-13(11-16)10-14-12-19-20(17(14)18)15-7-3-2-4-8-15/h2-9,11-12H,10,18H2,1H3. The zero-order valence-electron chi connectivity index (χ0n) is 11.9. The summed E-state index contributed by atoms with van der Waals surface area (Å²) in [6, 6.07) is 17.9. The van der Waals surface area contributed by atoms with Gasteiger partial charge in [0.2, 0.25) is 0 Å². The van der Waals surface area contributed by atoms with Crippen LogP contribution < -0.4 is 10.5 Å². The summed E-state index contributed by atoms with van der Waals surface area (Å²) in [4.78, 5) is 0. The van der Waals surface area contributed by atoms with E-state index >= 15 is 0 Å². The summed E-state index contributed by atoms with van der Waals surface area (Å²) >= 11 is 0. The molecule has 106 valence electrons. The van der Waals surface area contributed by atoms with E-state index in [2.05, 4.69) is 11.2 Å². The first-order chi connectivity index (χ1) is 10.3. The van der Waals surface area contributed by atoms with Gasteiger partial charge in [0, 0.05) is 12.0 Å². The van der Waals surface area contributed by atoms with Crippen molar-refractivity contribution < 1.29 is 4.74 Å². The molecule has 1 aromatic heterocycles. The van der Waals surface area contributed by atoms with Gasteiger partial charge in [0.1, 0.15) is 11.6 Å². The normalized spacial score (nSPS) is 10.5. The molecular formula is C17H17N3O. The fraction of sp³-hybridized carbons (Fsp3) is 0.118. The minimum absolute atomic E-state index is 0.670. The summed E-state index contributed by atoms with van der Waals surface area (Å²) in [7, 11) is 1.67. The van der Waals surface area contributed by atoms with Gasteiger partial charge in [-0.15, -0.1) is 0 Å². The topological polar surface area (TPSA) is 53.1 Å². The highest BCUT2D eigenvalue weighted by molar-refractivity contribution is 5.49. The lowest BCUT2D eigenvalue weighted by atomic mass is 10.1. The molecule has 4 nitrogen and oxygen atoms in total. The molecule has 0 aliphatic heterocycles. The zero-order valence-corrected chi connectivity index (χ0v) is 11.9. The Morgan fingerprint density at radius 3 is 2.67 bits per heavy atom. The van der Waals surface area contributed by atoms with Crippen molar-refractivity contribution in [1.29, 1.82) is 0 Å². The molecule has 4 heteroatoms. The molecule has 0 radical (unpaired) electrons. The van der Waals surface area contributed by atoms with Crippen LogP contribution in [0.15, 0.2) is 60.8 Å². The summed E-state index contributed by atoms with van der Waals surface area (Å²) in [5.74, 6) is 1.52. The van der Waals surface area contributed by atoms with Crippen molar-refractivity contribution in [2.45, 2.75) is 6.42 Å². The van der Waals surface area contributed by atoms with Gasteiger partial charge in [-0.2, -0.15) is 5.10 Å². The molecule has 1 heterocycles. The number of para-hydroxylation sites is 1. The molecule has 2 N–H and O–H groups in total. The number of benzene rings is 2. The van der Waals surface area contributed by atoms with E-state index < -0.39 is 0 Å². The number of nitrogen functional groups attached to an aromatic ring is 1. The third-order valence-electron chi connectivity index (χ3n) is 3.42. The van der Waals surface area contributed by atoms with E-state index in [0.29, 0.717) is 5.82 Å². The van der Waals surface area contributed by atoms with Crippen molar-refractivity contribution in [3.8, 4) is 11.4 Å². The molecular weight excluding hydrogens is 262 g/mol. The van der Waals surface area contributed by atoms with Gasteiger partial charge in [0.05, 0.1) is 19.0 Å². The highest BCUT2D eigenvalue weighted by atomic mass is 16.5. The van der Waals surface area contributed by atoms with Gasteiger partial charge in [-0.3, -0.25) is 0 Å². The average molecular weight is 279 g/mol. The van der Waals surface area contributed by atoms with Crippen LogP contribution in [-0.4, -0.2) is 16.9 Å². The van der Waals surface area contributed by atoms with Crippen molar-refractivity contribution in [2.75, 3.05) is 12.8 Å². The van der Waals surface area contributed by atoms with E-state index in [9.17, 15) is 0 Å². The van der Waals surface area contributed by atoms with Gasteiger partial charge in [0.25, 0.3) is 0 Å². The first kappa shape index (κ1) is 13.2. The summed E-state index contributed by atoms with van der Waals surface area (Å²) in [5.41, 5.74) is 9.34. The Kier molecular flexibility index (Phi) is 3.60. The molecule has 3 rings (SSSR count). The van der Waals surface area contributed by atoms with Crippen molar-refractivity contribution in [3.05, 3.63) is 71.9 Å². The molecule has 0 amide bonds. The minimum atomic E-state index is 0.670. The first-order valence-electron chi connectivity index (χ1n) is 6.78. The predicted molar refractivity (Wildman–Crippen MR) is 83.8 cm³/mol. The van der Waals surface area contributed by atoms with Crippen LogP contribution >= 0.6 is 0 Å². The minimum Gasteiger partial charge on any atom is -0.497 e. The number of nitrogens with two attached hydrogens (primary N) is 1. The van der Waals surface area contributed by atoms with Gasteiger partial charge in [-0.05, 0) is 29.8 Å². The van der Waals surface area contributed by atoms with Crippen molar-refractivity contribution >= 4 is 5.82 Å². The second-order valence-corrected chi connectivity index (χ2v) is 4.83. The molecule has 0 saturated carbocycles. The van der Waals surface area contributed by atoms with Crippen LogP contribution in [0.25, 0.3) is 5.69 Å². The highest BCUT2D eigenvalue weighted by Gasteiger charge is 2.09. The summed E-state index contributed by atoms with van der Waals surface area (Å²) < 4.78 is 7.00. The number of rotatable bonds is 4. The van der Waals surface area contributed by atoms with E-state index in [1.807, 2.05) is 54.7 Å². The second kappa shape index (κ2) is 5.71. The van der Waals surface area contributed by atoms with Crippen LogP contribution in [-0.2, 0) is 6.42 Å². The van der Waals surface area contributed by atoms with Crippen LogP contribution in [0.3, 0.4) is 0 Å². The maximum absolute atomic E-state index is 6.22. The van der Waals surface area contributed by atoms with E-state index in [0.717, 1.165) is 29.0 Å². The Morgan fingerprint density at radius 2 is 1.90 bits per heavy atom. The Bertz CT molecular complexity index is 735. The Morgan fingerprint density at radius 1 is 1.10 bits per heavy atom. The average Bonchev–Trinajstić information content (AvgIpc) is 2.89. The lowest BCUT2D eigenvalue weighted by molar-refractivity contribution is 0.414. The van der Waals surface area contributed by atoms with E-state index in [-0.39, 0.29) is 0 Å². The fourth-order valence-corrected chi connectivity index (χ4v) is 2.31. The van der Waals surface area contributed by atoms with Crippen molar-refractivity contribution in [2.24, 2.45) is 0 Å².